The molecular formula is C24H26N4O2. The number of fused-ring (bicyclic) bond motifs is 1. The van der Waals surface area contributed by atoms with Crippen LogP contribution in [0.15, 0.2) is 60.9 Å². The summed E-state index contributed by atoms with van der Waals surface area (Å²) in [7, 11) is 0. The lowest BCUT2D eigenvalue weighted by molar-refractivity contribution is -0.126. The van der Waals surface area contributed by atoms with Gasteiger partial charge in [-0.25, -0.2) is 4.98 Å². The van der Waals surface area contributed by atoms with E-state index in [0.29, 0.717) is 24.7 Å². The molecule has 154 valence electrons. The fraction of sp³-hybridized carbons (Fsp3) is 0.333. The van der Waals surface area contributed by atoms with Crippen molar-refractivity contribution >= 4 is 22.7 Å². The number of nitrogens with zero attached hydrogens (tertiary/aromatic N) is 2. The summed E-state index contributed by atoms with van der Waals surface area (Å²) in [6.45, 7) is 1.14. The summed E-state index contributed by atoms with van der Waals surface area (Å²) < 4.78 is 0. The summed E-state index contributed by atoms with van der Waals surface area (Å²) in [6.07, 6.45) is 7.08. The Labute approximate surface area is 176 Å². The van der Waals surface area contributed by atoms with Crippen LogP contribution in [0.25, 0.3) is 10.9 Å². The van der Waals surface area contributed by atoms with E-state index in [2.05, 4.69) is 20.6 Å². The van der Waals surface area contributed by atoms with E-state index >= 15 is 0 Å². The van der Waals surface area contributed by atoms with E-state index in [9.17, 15) is 9.59 Å². The van der Waals surface area contributed by atoms with Crippen LogP contribution in [0.3, 0.4) is 0 Å². The Kier molecular flexibility index (Phi) is 6.32. The van der Waals surface area contributed by atoms with Crippen molar-refractivity contribution in [3.8, 4) is 0 Å². The molecule has 0 bridgehead atoms. The first-order valence-corrected chi connectivity index (χ1v) is 10.5. The molecule has 2 aromatic heterocycles. The molecule has 2 amide bonds. The highest BCUT2D eigenvalue weighted by molar-refractivity contribution is 5.94. The van der Waals surface area contributed by atoms with E-state index in [0.717, 1.165) is 42.1 Å². The van der Waals surface area contributed by atoms with Crippen molar-refractivity contribution in [2.45, 2.75) is 32.2 Å². The normalized spacial score (nSPS) is 18.7. The zero-order valence-electron chi connectivity index (χ0n) is 16.9. The van der Waals surface area contributed by atoms with Crippen LogP contribution in [-0.2, 0) is 11.3 Å². The van der Waals surface area contributed by atoms with Crippen molar-refractivity contribution in [2.75, 3.05) is 6.54 Å². The molecule has 1 aliphatic rings. The average Bonchev–Trinajstić information content (AvgIpc) is 2.81. The maximum absolute atomic E-state index is 12.5. The van der Waals surface area contributed by atoms with Crippen LogP contribution < -0.4 is 10.6 Å². The van der Waals surface area contributed by atoms with E-state index in [1.165, 1.54) is 0 Å². The number of hydrogen-bond donors (Lipinski definition) is 2. The second kappa shape index (κ2) is 9.48. The third-order valence-corrected chi connectivity index (χ3v) is 5.79. The van der Waals surface area contributed by atoms with Crippen molar-refractivity contribution in [3.05, 3.63) is 72.2 Å². The van der Waals surface area contributed by atoms with Crippen LogP contribution in [-0.4, -0.2) is 28.3 Å². The van der Waals surface area contributed by atoms with Crippen molar-refractivity contribution < 1.29 is 9.59 Å². The molecule has 3 aromatic rings. The molecule has 1 aromatic carbocycles. The van der Waals surface area contributed by atoms with Gasteiger partial charge in [-0.05, 0) is 55.4 Å². The molecule has 6 nitrogen and oxygen atoms in total. The van der Waals surface area contributed by atoms with Crippen LogP contribution >= 0.6 is 0 Å². The van der Waals surface area contributed by atoms with Gasteiger partial charge in [0, 0.05) is 36.8 Å². The van der Waals surface area contributed by atoms with Crippen LogP contribution in [0.2, 0.25) is 0 Å². The molecule has 0 spiro atoms. The van der Waals surface area contributed by atoms with Gasteiger partial charge in [0.1, 0.15) is 5.69 Å². The van der Waals surface area contributed by atoms with Crippen LogP contribution in [0, 0.1) is 11.8 Å². The lowest BCUT2D eigenvalue weighted by atomic mass is 9.81. The average molecular weight is 402 g/mol. The number of benzene rings is 1. The summed E-state index contributed by atoms with van der Waals surface area (Å²) in [5.41, 5.74) is 2.27. The molecule has 0 aliphatic heterocycles. The van der Waals surface area contributed by atoms with E-state index in [1.807, 2.05) is 42.5 Å². The number of carbonyl (C=O) groups excluding carboxylic acids is 2. The highest BCUT2D eigenvalue weighted by Crippen LogP contribution is 2.28. The third kappa shape index (κ3) is 5.00. The quantitative estimate of drug-likeness (QED) is 0.661. The molecule has 0 unspecified atom stereocenters. The fourth-order valence-corrected chi connectivity index (χ4v) is 3.99. The van der Waals surface area contributed by atoms with Gasteiger partial charge in [-0.1, -0.05) is 30.3 Å². The maximum Gasteiger partial charge on any atom is 0.269 e. The van der Waals surface area contributed by atoms with Crippen LogP contribution in [0.4, 0.5) is 0 Å². The molecule has 2 N–H and O–H groups in total. The fourth-order valence-electron chi connectivity index (χ4n) is 3.99. The Bertz CT molecular complexity index is 1010. The maximum atomic E-state index is 12.5. The Morgan fingerprint density at radius 1 is 0.933 bits per heavy atom. The van der Waals surface area contributed by atoms with E-state index in [4.69, 9.17) is 0 Å². The second-order valence-electron chi connectivity index (χ2n) is 7.90. The van der Waals surface area contributed by atoms with Crippen molar-refractivity contribution in [1.29, 1.82) is 0 Å². The highest BCUT2D eigenvalue weighted by atomic mass is 16.2. The van der Waals surface area contributed by atoms with Gasteiger partial charge in [-0.15, -0.1) is 0 Å². The predicted octanol–water partition coefficient (Wildman–Crippen LogP) is 3.48. The molecule has 30 heavy (non-hydrogen) atoms. The van der Waals surface area contributed by atoms with Gasteiger partial charge in [0.25, 0.3) is 5.91 Å². The Hall–Kier alpha value is -3.28. The molecule has 1 saturated carbocycles. The summed E-state index contributed by atoms with van der Waals surface area (Å²) >= 11 is 0. The minimum absolute atomic E-state index is 0.0516. The highest BCUT2D eigenvalue weighted by Gasteiger charge is 2.26. The number of aromatic nitrogens is 2. The summed E-state index contributed by atoms with van der Waals surface area (Å²) in [6, 6.07) is 15.3. The molecule has 2 heterocycles. The number of pyridine rings is 2. The third-order valence-electron chi connectivity index (χ3n) is 5.79. The molecular weight excluding hydrogens is 376 g/mol. The van der Waals surface area contributed by atoms with Gasteiger partial charge in [0.05, 0.1) is 5.52 Å². The van der Waals surface area contributed by atoms with Crippen LogP contribution in [0.1, 0.15) is 41.7 Å². The number of rotatable bonds is 6. The first kappa shape index (κ1) is 20.0. The minimum atomic E-state index is -0.142. The van der Waals surface area contributed by atoms with Crippen molar-refractivity contribution in [1.82, 2.24) is 20.6 Å². The summed E-state index contributed by atoms with van der Waals surface area (Å²) in [5, 5.41) is 7.05. The van der Waals surface area contributed by atoms with E-state index < -0.39 is 0 Å². The first-order valence-electron chi connectivity index (χ1n) is 10.5. The van der Waals surface area contributed by atoms with Crippen LogP contribution in [0.5, 0.6) is 0 Å². The number of hydrogen-bond acceptors (Lipinski definition) is 4. The Morgan fingerprint density at radius 3 is 2.57 bits per heavy atom. The first-order chi connectivity index (χ1) is 14.7. The van der Waals surface area contributed by atoms with Gasteiger partial charge in [0.2, 0.25) is 5.91 Å². The molecule has 0 saturated heterocycles. The summed E-state index contributed by atoms with van der Waals surface area (Å²) in [5.74, 6) is 0.423. The number of amides is 2. The molecule has 0 radical (unpaired) electrons. The monoisotopic (exact) mass is 402 g/mol. The summed E-state index contributed by atoms with van der Waals surface area (Å²) in [4.78, 5) is 33.4. The van der Waals surface area contributed by atoms with E-state index in [-0.39, 0.29) is 17.7 Å². The zero-order chi connectivity index (χ0) is 20.8. The standard InChI is InChI=1S/C24H26N4O2/c29-23(26-16-18-4-3-13-25-14-18)20-9-7-17(8-10-20)15-27-24(30)22-12-11-19-5-1-2-6-21(19)28-22/h1-6,11-14,17,20H,7-10,15-16H2,(H,26,29)(H,27,30). The molecule has 0 atom stereocenters. The zero-order valence-corrected chi connectivity index (χ0v) is 16.9. The second-order valence-corrected chi connectivity index (χ2v) is 7.90. The lowest BCUT2D eigenvalue weighted by Crippen LogP contribution is -2.36. The number of nitrogens with one attached hydrogen (secondary N) is 2. The number of para-hydroxylation sites is 1. The smallest absolute Gasteiger partial charge is 0.269 e. The van der Waals surface area contributed by atoms with Gasteiger partial charge in [-0.2, -0.15) is 0 Å². The van der Waals surface area contributed by atoms with E-state index in [1.54, 1.807) is 18.5 Å². The topological polar surface area (TPSA) is 84.0 Å². The Balaban J connectivity index is 1.21. The largest absolute Gasteiger partial charge is 0.352 e. The molecule has 6 heteroatoms. The van der Waals surface area contributed by atoms with Gasteiger partial charge in [0.15, 0.2) is 0 Å². The van der Waals surface area contributed by atoms with Gasteiger partial charge in [-0.3, -0.25) is 14.6 Å². The SMILES string of the molecule is O=C(NCC1CCC(C(=O)NCc2cccnc2)CC1)c1ccc2ccccc2n1. The molecule has 1 aliphatic carbocycles. The predicted molar refractivity (Wildman–Crippen MR) is 116 cm³/mol. The molecule has 1 fully saturated rings. The van der Waals surface area contributed by atoms with Crippen molar-refractivity contribution in [2.24, 2.45) is 11.8 Å². The van der Waals surface area contributed by atoms with Gasteiger partial charge >= 0.3 is 0 Å². The minimum Gasteiger partial charge on any atom is -0.352 e. The lowest BCUT2D eigenvalue weighted by Gasteiger charge is -2.27. The number of carbonyl (C=O) groups is 2. The van der Waals surface area contributed by atoms with Crippen molar-refractivity contribution in [3.63, 3.8) is 0 Å². The van der Waals surface area contributed by atoms with Gasteiger partial charge < -0.3 is 10.6 Å². The Morgan fingerprint density at radius 2 is 1.77 bits per heavy atom. The molecule has 4 rings (SSSR count).